The lowest BCUT2D eigenvalue weighted by molar-refractivity contribution is -0.129. The van der Waals surface area contributed by atoms with Crippen molar-refractivity contribution >= 4 is 17.7 Å². The van der Waals surface area contributed by atoms with Crippen LogP contribution < -0.4 is 0 Å². The van der Waals surface area contributed by atoms with E-state index in [1.165, 1.54) is 17.3 Å². The molecule has 0 saturated heterocycles. The lowest BCUT2D eigenvalue weighted by Crippen LogP contribution is -2.32. The Morgan fingerprint density at radius 1 is 1.19 bits per heavy atom. The minimum Gasteiger partial charge on any atom is -0.340 e. The number of nitrogens with zero attached hydrogens (tertiary/aromatic N) is 3. The average molecular weight is 366 g/mol. The van der Waals surface area contributed by atoms with Crippen LogP contribution >= 0.6 is 11.8 Å². The molecule has 0 saturated carbocycles. The SMILES string of the molecule is Cc1cccc(-n2ccnc2SC(C)C(=O)N(C)Cc2ccccc2)c1. The Labute approximate surface area is 158 Å². The van der Waals surface area contributed by atoms with Crippen molar-refractivity contribution in [2.45, 2.75) is 30.8 Å². The molecule has 3 rings (SSSR count). The smallest absolute Gasteiger partial charge is 0.235 e. The third-order valence-electron chi connectivity index (χ3n) is 4.16. The number of rotatable bonds is 6. The minimum absolute atomic E-state index is 0.0950. The van der Waals surface area contributed by atoms with Crippen LogP contribution in [0.25, 0.3) is 5.69 Å². The normalized spacial score (nSPS) is 12.0. The van der Waals surface area contributed by atoms with E-state index >= 15 is 0 Å². The third-order valence-corrected chi connectivity index (χ3v) is 5.22. The largest absolute Gasteiger partial charge is 0.340 e. The third kappa shape index (κ3) is 4.35. The van der Waals surface area contributed by atoms with Crippen molar-refractivity contribution in [3.8, 4) is 5.69 Å². The van der Waals surface area contributed by atoms with Crippen LogP contribution in [-0.4, -0.2) is 32.7 Å². The maximum absolute atomic E-state index is 12.7. The molecule has 1 unspecified atom stereocenters. The summed E-state index contributed by atoms with van der Waals surface area (Å²) in [4.78, 5) is 19.0. The summed E-state index contributed by atoms with van der Waals surface area (Å²) in [5.74, 6) is 0.0950. The molecule has 134 valence electrons. The van der Waals surface area contributed by atoms with Gasteiger partial charge in [0.05, 0.1) is 5.25 Å². The summed E-state index contributed by atoms with van der Waals surface area (Å²) < 4.78 is 2.03. The van der Waals surface area contributed by atoms with Gasteiger partial charge in [0.15, 0.2) is 5.16 Å². The van der Waals surface area contributed by atoms with Crippen molar-refractivity contribution < 1.29 is 4.79 Å². The molecule has 3 aromatic rings. The van der Waals surface area contributed by atoms with Gasteiger partial charge in [0, 0.05) is 31.7 Å². The van der Waals surface area contributed by atoms with E-state index in [2.05, 4.69) is 24.0 Å². The monoisotopic (exact) mass is 365 g/mol. The lowest BCUT2D eigenvalue weighted by atomic mass is 10.2. The fourth-order valence-electron chi connectivity index (χ4n) is 2.81. The van der Waals surface area contributed by atoms with Gasteiger partial charge in [0.2, 0.25) is 5.91 Å². The van der Waals surface area contributed by atoms with Crippen LogP contribution in [0.15, 0.2) is 72.1 Å². The van der Waals surface area contributed by atoms with E-state index in [1.54, 1.807) is 11.1 Å². The molecular formula is C21H23N3OS. The van der Waals surface area contributed by atoms with Crippen molar-refractivity contribution in [2.24, 2.45) is 0 Å². The topological polar surface area (TPSA) is 38.1 Å². The second-order valence-corrected chi connectivity index (χ2v) is 7.67. The van der Waals surface area contributed by atoms with Gasteiger partial charge in [0.1, 0.15) is 0 Å². The first-order chi connectivity index (χ1) is 12.5. The molecule has 4 nitrogen and oxygen atoms in total. The number of carbonyl (C=O) groups is 1. The molecular weight excluding hydrogens is 342 g/mol. The van der Waals surface area contributed by atoms with Gasteiger partial charge in [0.25, 0.3) is 0 Å². The molecule has 0 bridgehead atoms. The van der Waals surface area contributed by atoms with Crippen LogP contribution in [0.1, 0.15) is 18.1 Å². The molecule has 1 amide bonds. The van der Waals surface area contributed by atoms with E-state index in [0.717, 1.165) is 16.4 Å². The van der Waals surface area contributed by atoms with E-state index in [9.17, 15) is 4.79 Å². The number of hydrogen-bond acceptors (Lipinski definition) is 3. The first kappa shape index (κ1) is 18.3. The standard InChI is InChI=1S/C21H23N3OS/c1-16-8-7-11-19(14-16)24-13-12-22-21(24)26-17(2)20(25)23(3)15-18-9-5-4-6-10-18/h4-14,17H,15H2,1-3H3. The van der Waals surface area contributed by atoms with Gasteiger partial charge in [-0.3, -0.25) is 9.36 Å². The molecule has 5 heteroatoms. The quantitative estimate of drug-likeness (QED) is 0.611. The predicted molar refractivity (Wildman–Crippen MR) is 107 cm³/mol. The summed E-state index contributed by atoms with van der Waals surface area (Å²) >= 11 is 1.49. The van der Waals surface area contributed by atoms with E-state index in [-0.39, 0.29) is 11.2 Å². The van der Waals surface area contributed by atoms with Crippen molar-refractivity contribution in [3.05, 3.63) is 78.1 Å². The molecule has 0 radical (unpaired) electrons. The van der Waals surface area contributed by atoms with Crippen LogP contribution in [0.4, 0.5) is 0 Å². The second kappa shape index (κ2) is 8.23. The molecule has 0 spiro atoms. The van der Waals surface area contributed by atoms with Crippen LogP contribution in [0.2, 0.25) is 0 Å². The highest BCUT2D eigenvalue weighted by Gasteiger charge is 2.21. The Morgan fingerprint density at radius 2 is 1.96 bits per heavy atom. The van der Waals surface area contributed by atoms with E-state index in [1.807, 2.05) is 67.2 Å². The summed E-state index contributed by atoms with van der Waals surface area (Å²) in [6, 6.07) is 18.3. The van der Waals surface area contributed by atoms with Gasteiger partial charge in [-0.2, -0.15) is 0 Å². The first-order valence-electron chi connectivity index (χ1n) is 8.60. The number of benzene rings is 2. The van der Waals surface area contributed by atoms with Gasteiger partial charge >= 0.3 is 0 Å². The second-order valence-electron chi connectivity index (χ2n) is 6.36. The summed E-state index contributed by atoms with van der Waals surface area (Å²) in [6.07, 6.45) is 3.71. The summed E-state index contributed by atoms with van der Waals surface area (Å²) in [7, 11) is 1.85. The molecule has 0 aliphatic heterocycles. The van der Waals surface area contributed by atoms with Gasteiger partial charge in [-0.1, -0.05) is 54.2 Å². The Kier molecular flexibility index (Phi) is 5.78. The van der Waals surface area contributed by atoms with Crippen LogP contribution in [0, 0.1) is 6.92 Å². The zero-order valence-corrected chi connectivity index (χ0v) is 16.1. The Morgan fingerprint density at radius 3 is 2.69 bits per heavy atom. The molecule has 26 heavy (non-hydrogen) atoms. The van der Waals surface area contributed by atoms with Crippen molar-refractivity contribution in [3.63, 3.8) is 0 Å². The van der Waals surface area contributed by atoms with Crippen LogP contribution in [0.5, 0.6) is 0 Å². The zero-order chi connectivity index (χ0) is 18.5. The van der Waals surface area contributed by atoms with Crippen LogP contribution in [-0.2, 0) is 11.3 Å². The number of hydrogen-bond donors (Lipinski definition) is 0. The van der Waals surface area contributed by atoms with Crippen molar-refractivity contribution in [2.75, 3.05) is 7.05 Å². The van der Waals surface area contributed by atoms with Crippen LogP contribution in [0.3, 0.4) is 0 Å². The number of imidazole rings is 1. The van der Waals surface area contributed by atoms with Gasteiger partial charge in [-0.05, 0) is 37.1 Å². The fourth-order valence-corrected chi connectivity index (χ4v) is 3.80. The molecule has 0 aliphatic carbocycles. The summed E-state index contributed by atoms with van der Waals surface area (Å²) in [5.41, 5.74) is 3.38. The molecule has 0 N–H and O–H groups in total. The fraction of sp³-hybridized carbons (Fsp3) is 0.238. The molecule has 1 atom stereocenters. The number of carbonyl (C=O) groups excluding carboxylic acids is 1. The number of aromatic nitrogens is 2. The van der Waals surface area contributed by atoms with E-state index in [4.69, 9.17) is 0 Å². The molecule has 0 fully saturated rings. The first-order valence-corrected chi connectivity index (χ1v) is 9.48. The Balaban J connectivity index is 1.69. The number of aryl methyl sites for hydroxylation is 1. The predicted octanol–water partition coefficient (Wildman–Crippen LogP) is 4.32. The van der Waals surface area contributed by atoms with Gasteiger partial charge < -0.3 is 4.90 Å². The number of thioether (sulfide) groups is 1. The minimum atomic E-state index is -0.213. The maximum Gasteiger partial charge on any atom is 0.235 e. The van der Waals surface area contributed by atoms with Gasteiger partial charge in [-0.15, -0.1) is 0 Å². The number of amides is 1. The van der Waals surface area contributed by atoms with Gasteiger partial charge in [-0.25, -0.2) is 4.98 Å². The molecule has 1 heterocycles. The highest BCUT2D eigenvalue weighted by molar-refractivity contribution is 8.00. The Bertz CT molecular complexity index is 876. The average Bonchev–Trinajstić information content (AvgIpc) is 3.10. The molecule has 2 aromatic carbocycles. The molecule has 1 aromatic heterocycles. The highest BCUT2D eigenvalue weighted by atomic mass is 32.2. The van der Waals surface area contributed by atoms with E-state index < -0.39 is 0 Å². The van der Waals surface area contributed by atoms with Crippen molar-refractivity contribution in [1.82, 2.24) is 14.5 Å². The summed E-state index contributed by atoms with van der Waals surface area (Å²) in [5, 5.41) is 0.610. The summed E-state index contributed by atoms with van der Waals surface area (Å²) in [6.45, 7) is 4.61. The Hall–Kier alpha value is -2.53. The zero-order valence-electron chi connectivity index (χ0n) is 15.3. The maximum atomic E-state index is 12.7. The molecule has 0 aliphatic rings. The van der Waals surface area contributed by atoms with E-state index in [0.29, 0.717) is 6.54 Å². The lowest BCUT2D eigenvalue weighted by Gasteiger charge is -2.21. The highest BCUT2D eigenvalue weighted by Crippen LogP contribution is 2.26. The van der Waals surface area contributed by atoms with Crippen molar-refractivity contribution in [1.29, 1.82) is 0 Å².